The number of furan rings is 1. The molecule has 0 aliphatic carbocycles. The lowest BCUT2D eigenvalue weighted by atomic mass is 10.1. The molecule has 0 saturated carbocycles. The Morgan fingerprint density at radius 3 is 1.48 bits per heavy atom. The van der Waals surface area contributed by atoms with Crippen LogP contribution >= 0.6 is 23.2 Å². The van der Waals surface area contributed by atoms with Crippen LogP contribution in [0.15, 0.2) is 52.9 Å². The van der Waals surface area contributed by atoms with Gasteiger partial charge in [-0.15, -0.1) is 0 Å². The summed E-state index contributed by atoms with van der Waals surface area (Å²) in [6, 6.07) is 14.3. The molecule has 1 aromatic heterocycles. The highest BCUT2D eigenvalue weighted by Crippen LogP contribution is 2.36. The van der Waals surface area contributed by atoms with Crippen LogP contribution in [0.2, 0.25) is 10.0 Å². The Labute approximate surface area is 132 Å². The van der Waals surface area contributed by atoms with Crippen LogP contribution in [0.1, 0.15) is 0 Å². The zero-order valence-corrected chi connectivity index (χ0v) is 12.4. The van der Waals surface area contributed by atoms with Gasteiger partial charge in [-0.3, -0.25) is 0 Å². The van der Waals surface area contributed by atoms with Gasteiger partial charge in [0.1, 0.15) is 11.5 Å². The van der Waals surface area contributed by atoms with Gasteiger partial charge < -0.3 is 15.9 Å². The Balaban J connectivity index is 2.03. The molecular formula is C16H12Cl2N2O. The van der Waals surface area contributed by atoms with Gasteiger partial charge in [-0.1, -0.05) is 23.2 Å². The minimum Gasteiger partial charge on any atom is -0.456 e. The summed E-state index contributed by atoms with van der Waals surface area (Å²) in [6.07, 6.45) is 0. The predicted octanol–water partition coefficient (Wildman–Crippen LogP) is 5.08. The number of hydrogen-bond acceptors (Lipinski definition) is 3. The third-order valence-electron chi connectivity index (χ3n) is 3.12. The first-order valence-corrected chi connectivity index (χ1v) is 7.01. The number of hydrogen-bond donors (Lipinski definition) is 2. The molecule has 106 valence electrons. The third kappa shape index (κ3) is 2.71. The van der Waals surface area contributed by atoms with E-state index in [1.165, 1.54) is 0 Å². The Bertz CT molecular complexity index is 746. The van der Waals surface area contributed by atoms with Crippen molar-refractivity contribution < 1.29 is 4.42 Å². The van der Waals surface area contributed by atoms with Gasteiger partial charge in [-0.05, 0) is 48.5 Å². The van der Waals surface area contributed by atoms with Gasteiger partial charge in [0.15, 0.2) is 0 Å². The monoisotopic (exact) mass is 318 g/mol. The number of anilines is 2. The third-order valence-corrected chi connectivity index (χ3v) is 3.75. The molecule has 3 aromatic rings. The topological polar surface area (TPSA) is 65.2 Å². The van der Waals surface area contributed by atoms with Crippen LogP contribution < -0.4 is 11.5 Å². The van der Waals surface area contributed by atoms with Gasteiger partial charge in [-0.25, -0.2) is 0 Å². The standard InChI is InChI=1S/C16H12Cl2N2O/c17-13-7-9(19)1-3-11(13)15-5-6-16(21-15)12-4-2-10(20)8-14(12)18/h1-8H,19-20H2. The van der Waals surface area contributed by atoms with Gasteiger partial charge in [0.25, 0.3) is 0 Å². The Morgan fingerprint density at radius 1 is 0.667 bits per heavy atom. The van der Waals surface area contributed by atoms with E-state index in [2.05, 4.69) is 0 Å². The van der Waals surface area contributed by atoms with Crippen molar-refractivity contribution in [3.8, 4) is 22.6 Å². The lowest BCUT2D eigenvalue weighted by Crippen LogP contribution is -1.85. The molecule has 0 radical (unpaired) electrons. The van der Waals surface area contributed by atoms with Gasteiger partial charge in [-0.2, -0.15) is 0 Å². The van der Waals surface area contributed by atoms with Crippen molar-refractivity contribution in [2.75, 3.05) is 11.5 Å². The van der Waals surface area contributed by atoms with Crippen molar-refractivity contribution >= 4 is 34.6 Å². The van der Waals surface area contributed by atoms with E-state index in [1.54, 1.807) is 24.3 Å². The van der Waals surface area contributed by atoms with Crippen LogP contribution in [0.3, 0.4) is 0 Å². The zero-order chi connectivity index (χ0) is 15.0. The quantitative estimate of drug-likeness (QED) is 0.647. The lowest BCUT2D eigenvalue weighted by Gasteiger charge is -2.04. The van der Waals surface area contributed by atoms with Crippen molar-refractivity contribution in [3.63, 3.8) is 0 Å². The number of nitrogen functional groups attached to an aromatic ring is 2. The molecule has 0 fully saturated rings. The van der Waals surface area contributed by atoms with Gasteiger partial charge in [0.05, 0.1) is 10.0 Å². The molecule has 0 unspecified atom stereocenters. The van der Waals surface area contributed by atoms with Gasteiger partial charge >= 0.3 is 0 Å². The molecule has 3 rings (SSSR count). The number of halogens is 2. The van der Waals surface area contributed by atoms with Crippen molar-refractivity contribution in [2.24, 2.45) is 0 Å². The highest BCUT2D eigenvalue weighted by molar-refractivity contribution is 6.34. The molecule has 0 saturated heterocycles. The molecule has 21 heavy (non-hydrogen) atoms. The Morgan fingerprint density at radius 2 is 1.10 bits per heavy atom. The fraction of sp³-hybridized carbons (Fsp3) is 0. The summed E-state index contributed by atoms with van der Waals surface area (Å²) in [7, 11) is 0. The molecule has 4 N–H and O–H groups in total. The molecular weight excluding hydrogens is 307 g/mol. The van der Waals surface area contributed by atoms with Crippen LogP contribution in [0.4, 0.5) is 11.4 Å². The van der Waals surface area contributed by atoms with Crippen LogP contribution in [0.5, 0.6) is 0 Å². The zero-order valence-electron chi connectivity index (χ0n) is 10.9. The lowest BCUT2D eigenvalue weighted by molar-refractivity contribution is 0.597. The van der Waals surface area contributed by atoms with E-state index in [0.717, 1.165) is 11.1 Å². The minimum absolute atomic E-state index is 0.541. The first-order chi connectivity index (χ1) is 10.0. The Hall–Kier alpha value is -2.10. The maximum absolute atomic E-state index is 6.19. The second-order valence-corrected chi connectivity index (χ2v) is 5.46. The Kier molecular flexibility index (Phi) is 3.53. The second-order valence-electron chi connectivity index (χ2n) is 4.64. The van der Waals surface area contributed by atoms with E-state index < -0.39 is 0 Å². The molecule has 0 atom stereocenters. The predicted molar refractivity (Wildman–Crippen MR) is 88.4 cm³/mol. The molecule has 5 heteroatoms. The highest BCUT2D eigenvalue weighted by Gasteiger charge is 2.12. The summed E-state index contributed by atoms with van der Waals surface area (Å²) in [4.78, 5) is 0. The molecule has 2 aromatic carbocycles. The largest absolute Gasteiger partial charge is 0.456 e. The van der Waals surface area contributed by atoms with E-state index in [4.69, 9.17) is 39.1 Å². The fourth-order valence-electron chi connectivity index (χ4n) is 2.09. The van der Waals surface area contributed by atoms with Gasteiger partial charge in [0.2, 0.25) is 0 Å². The number of benzene rings is 2. The minimum atomic E-state index is 0.541. The molecule has 0 bridgehead atoms. The van der Waals surface area contributed by atoms with E-state index in [0.29, 0.717) is 32.9 Å². The molecule has 0 aliphatic rings. The van der Waals surface area contributed by atoms with E-state index in [9.17, 15) is 0 Å². The average molecular weight is 319 g/mol. The van der Waals surface area contributed by atoms with E-state index in [1.807, 2.05) is 24.3 Å². The molecule has 0 spiro atoms. The van der Waals surface area contributed by atoms with Crippen molar-refractivity contribution in [2.45, 2.75) is 0 Å². The van der Waals surface area contributed by atoms with E-state index in [-0.39, 0.29) is 0 Å². The number of nitrogens with two attached hydrogens (primary N) is 2. The second kappa shape index (κ2) is 5.35. The first-order valence-electron chi connectivity index (χ1n) is 6.25. The van der Waals surface area contributed by atoms with Crippen LogP contribution in [0, 0.1) is 0 Å². The van der Waals surface area contributed by atoms with Crippen molar-refractivity contribution in [1.29, 1.82) is 0 Å². The fourth-order valence-corrected chi connectivity index (χ4v) is 2.65. The summed E-state index contributed by atoms with van der Waals surface area (Å²) in [5.41, 5.74) is 14.2. The van der Waals surface area contributed by atoms with Crippen LogP contribution in [0.25, 0.3) is 22.6 Å². The number of rotatable bonds is 2. The highest BCUT2D eigenvalue weighted by atomic mass is 35.5. The summed E-state index contributed by atoms with van der Waals surface area (Å²) in [5.74, 6) is 1.31. The SMILES string of the molecule is Nc1ccc(-c2ccc(-c3ccc(N)cc3Cl)o2)c(Cl)c1. The average Bonchev–Trinajstić information content (AvgIpc) is 2.87. The maximum atomic E-state index is 6.19. The van der Waals surface area contributed by atoms with E-state index >= 15 is 0 Å². The maximum Gasteiger partial charge on any atom is 0.136 e. The first kappa shape index (κ1) is 13.9. The summed E-state index contributed by atoms with van der Waals surface area (Å²) >= 11 is 12.4. The summed E-state index contributed by atoms with van der Waals surface area (Å²) < 4.78 is 5.85. The molecule has 1 heterocycles. The summed E-state index contributed by atoms with van der Waals surface area (Å²) in [6.45, 7) is 0. The van der Waals surface area contributed by atoms with Crippen molar-refractivity contribution in [3.05, 3.63) is 58.6 Å². The van der Waals surface area contributed by atoms with Crippen molar-refractivity contribution in [1.82, 2.24) is 0 Å². The molecule has 0 amide bonds. The molecule has 3 nitrogen and oxygen atoms in total. The smallest absolute Gasteiger partial charge is 0.136 e. The van der Waals surface area contributed by atoms with Gasteiger partial charge in [0, 0.05) is 22.5 Å². The normalized spacial score (nSPS) is 10.8. The van der Waals surface area contributed by atoms with Crippen LogP contribution in [-0.2, 0) is 0 Å². The van der Waals surface area contributed by atoms with Crippen LogP contribution in [-0.4, -0.2) is 0 Å². The summed E-state index contributed by atoms with van der Waals surface area (Å²) in [5, 5.41) is 1.08. The molecule has 0 aliphatic heterocycles.